The Bertz CT molecular complexity index is 196. The van der Waals surface area contributed by atoms with E-state index in [1.807, 2.05) is 37.3 Å². The van der Waals surface area contributed by atoms with Crippen molar-refractivity contribution in [2.45, 2.75) is 19.9 Å². The van der Waals surface area contributed by atoms with Crippen molar-refractivity contribution >= 4 is 6.29 Å². The Labute approximate surface area is 73.4 Å². The Morgan fingerprint density at radius 3 is 2.08 bits per heavy atom. The molecule has 0 unspecified atom stereocenters. The van der Waals surface area contributed by atoms with Crippen LogP contribution in [-0.2, 0) is 11.3 Å². The Balaban J connectivity index is 0.000000261. The maximum absolute atomic E-state index is 9.17. The maximum atomic E-state index is 9.17. The standard InChI is InChI=1S/C7H9N.C3H6O/c8-6-7-4-2-1-3-5-7;1-2-3-4/h1-5H,6,8H2;3H,2H2,1H3. The fourth-order valence-corrected chi connectivity index (χ4v) is 0.614. The normalized spacial score (nSPS) is 8.17. The summed E-state index contributed by atoms with van der Waals surface area (Å²) in [5, 5.41) is 0. The molecular weight excluding hydrogens is 150 g/mol. The molecule has 2 heteroatoms. The lowest BCUT2D eigenvalue weighted by molar-refractivity contribution is -0.107. The minimum atomic E-state index is 0.639. The summed E-state index contributed by atoms with van der Waals surface area (Å²) in [5.74, 6) is 0. The first-order chi connectivity index (χ1) is 5.85. The van der Waals surface area contributed by atoms with Crippen molar-refractivity contribution in [2.75, 3.05) is 0 Å². The number of aldehydes is 1. The van der Waals surface area contributed by atoms with E-state index >= 15 is 0 Å². The highest BCUT2D eigenvalue weighted by Crippen LogP contribution is 1.94. The number of rotatable bonds is 2. The van der Waals surface area contributed by atoms with Crippen LogP contribution in [-0.4, -0.2) is 6.29 Å². The van der Waals surface area contributed by atoms with Gasteiger partial charge in [0.25, 0.3) is 0 Å². The number of hydrogen-bond acceptors (Lipinski definition) is 2. The summed E-state index contributed by atoms with van der Waals surface area (Å²) in [6.07, 6.45) is 1.51. The molecule has 0 aliphatic carbocycles. The molecule has 1 aromatic carbocycles. The monoisotopic (exact) mass is 165 g/mol. The summed E-state index contributed by atoms with van der Waals surface area (Å²) in [4.78, 5) is 9.17. The first-order valence-electron chi connectivity index (χ1n) is 4.02. The average Bonchev–Trinajstić information content (AvgIpc) is 2.19. The second-order valence-corrected chi connectivity index (χ2v) is 2.26. The van der Waals surface area contributed by atoms with Crippen molar-refractivity contribution in [2.24, 2.45) is 5.73 Å². The summed E-state index contributed by atoms with van der Waals surface area (Å²) < 4.78 is 0. The highest BCUT2D eigenvalue weighted by atomic mass is 16.1. The van der Waals surface area contributed by atoms with Gasteiger partial charge in [0, 0.05) is 13.0 Å². The SMILES string of the molecule is CCC=O.NCc1ccccc1. The van der Waals surface area contributed by atoms with Gasteiger partial charge in [0.2, 0.25) is 0 Å². The van der Waals surface area contributed by atoms with E-state index < -0.39 is 0 Å². The van der Waals surface area contributed by atoms with Gasteiger partial charge in [-0.2, -0.15) is 0 Å². The van der Waals surface area contributed by atoms with Crippen LogP contribution in [0.5, 0.6) is 0 Å². The number of benzene rings is 1. The van der Waals surface area contributed by atoms with Crippen LogP contribution in [0.1, 0.15) is 18.9 Å². The van der Waals surface area contributed by atoms with Crippen molar-refractivity contribution < 1.29 is 4.79 Å². The van der Waals surface area contributed by atoms with E-state index in [2.05, 4.69) is 0 Å². The quantitative estimate of drug-likeness (QED) is 0.678. The predicted octanol–water partition coefficient (Wildman–Crippen LogP) is 1.74. The summed E-state index contributed by atoms with van der Waals surface area (Å²) in [6.45, 7) is 2.45. The van der Waals surface area contributed by atoms with Gasteiger partial charge >= 0.3 is 0 Å². The highest BCUT2D eigenvalue weighted by molar-refractivity contribution is 5.48. The van der Waals surface area contributed by atoms with Gasteiger partial charge in [-0.15, -0.1) is 0 Å². The van der Waals surface area contributed by atoms with Gasteiger partial charge in [-0.05, 0) is 5.56 Å². The Morgan fingerprint density at radius 1 is 1.33 bits per heavy atom. The van der Waals surface area contributed by atoms with E-state index in [9.17, 15) is 4.79 Å². The molecule has 2 N–H and O–H groups in total. The van der Waals surface area contributed by atoms with Crippen LogP contribution in [0, 0.1) is 0 Å². The fourth-order valence-electron chi connectivity index (χ4n) is 0.614. The minimum Gasteiger partial charge on any atom is -0.326 e. The van der Waals surface area contributed by atoms with Gasteiger partial charge in [-0.1, -0.05) is 37.3 Å². The third kappa shape index (κ3) is 5.62. The minimum absolute atomic E-state index is 0.639. The molecule has 0 saturated carbocycles. The molecule has 0 atom stereocenters. The lowest BCUT2D eigenvalue weighted by atomic mass is 10.2. The molecule has 0 heterocycles. The molecule has 1 aromatic rings. The summed E-state index contributed by atoms with van der Waals surface area (Å²) in [7, 11) is 0. The molecule has 0 bridgehead atoms. The molecule has 0 aromatic heterocycles. The average molecular weight is 165 g/mol. The molecule has 2 nitrogen and oxygen atoms in total. The van der Waals surface area contributed by atoms with Crippen LogP contribution >= 0.6 is 0 Å². The zero-order valence-electron chi connectivity index (χ0n) is 7.36. The highest BCUT2D eigenvalue weighted by Gasteiger charge is 1.80. The van der Waals surface area contributed by atoms with E-state index in [0.717, 1.165) is 6.29 Å². The smallest absolute Gasteiger partial charge is 0.119 e. The first-order valence-corrected chi connectivity index (χ1v) is 4.02. The number of nitrogens with two attached hydrogens (primary N) is 1. The van der Waals surface area contributed by atoms with Crippen molar-refractivity contribution in [3.8, 4) is 0 Å². The lowest BCUT2D eigenvalue weighted by Gasteiger charge is -1.90. The molecule has 0 radical (unpaired) electrons. The number of carbonyl (C=O) groups is 1. The number of carbonyl (C=O) groups excluding carboxylic acids is 1. The predicted molar refractivity (Wildman–Crippen MR) is 50.7 cm³/mol. The maximum Gasteiger partial charge on any atom is 0.119 e. The van der Waals surface area contributed by atoms with Gasteiger partial charge < -0.3 is 10.5 Å². The first kappa shape index (κ1) is 10.8. The van der Waals surface area contributed by atoms with Gasteiger partial charge in [0.1, 0.15) is 6.29 Å². The molecule has 0 fully saturated rings. The van der Waals surface area contributed by atoms with E-state index in [0.29, 0.717) is 13.0 Å². The molecule has 1 rings (SSSR count). The van der Waals surface area contributed by atoms with Crippen molar-refractivity contribution in [3.63, 3.8) is 0 Å². The summed E-state index contributed by atoms with van der Waals surface area (Å²) in [5.41, 5.74) is 6.54. The van der Waals surface area contributed by atoms with E-state index in [4.69, 9.17) is 5.73 Å². The van der Waals surface area contributed by atoms with Crippen molar-refractivity contribution in [3.05, 3.63) is 35.9 Å². The van der Waals surface area contributed by atoms with Crippen LogP contribution in [0.4, 0.5) is 0 Å². The molecule has 12 heavy (non-hydrogen) atoms. The Kier molecular flexibility index (Phi) is 7.19. The van der Waals surface area contributed by atoms with Crippen LogP contribution in [0.2, 0.25) is 0 Å². The van der Waals surface area contributed by atoms with Crippen molar-refractivity contribution in [1.82, 2.24) is 0 Å². The molecular formula is C10H15NO. The second kappa shape index (κ2) is 7.95. The topological polar surface area (TPSA) is 43.1 Å². The fraction of sp³-hybridized carbons (Fsp3) is 0.300. The largest absolute Gasteiger partial charge is 0.326 e. The van der Waals surface area contributed by atoms with Crippen molar-refractivity contribution in [1.29, 1.82) is 0 Å². The van der Waals surface area contributed by atoms with Gasteiger partial charge in [0.05, 0.1) is 0 Å². The third-order valence-electron chi connectivity index (χ3n) is 1.25. The number of hydrogen-bond donors (Lipinski definition) is 1. The molecule has 0 amide bonds. The molecule has 0 aliphatic heterocycles. The Hall–Kier alpha value is -1.15. The van der Waals surface area contributed by atoms with Gasteiger partial charge in [-0.3, -0.25) is 0 Å². The summed E-state index contributed by atoms with van der Waals surface area (Å²) >= 11 is 0. The molecule has 0 spiro atoms. The molecule has 0 saturated heterocycles. The second-order valence-electron chi connectivity index (χ2n) is 2.26. The lowest BCUT2D eigenvalue weighted by Crippen LogP contribution is -1.94. The van der Waals surface area contributed by atoms with Crippen LogP contribution in [0.3, 0.4) is 0 Å². The zero-order chi connectivity index (χ0) is 9.23. The summed E-state index contributed by atoms with van der Waals surface area (Å²) in [6, 6.07) is 9.99. The van der Waals surface area contributed by atoms with E-state index in [1.165, 1.54) is 5.56 Å². The van der Waals surface area contributed by atoms with Crippen LogP contribution in [0.15, 0.2) is 30.3 Å². The van der Waals surface area contributed by atoms with Crippen LogP contribution < -0.4 is 5.73 Å². The van der Waals surface area contributed by atoms with E-state index in [1.54, 1.807) is 0 Å². The molecule has 66 valence electrons. The Morgan fingerprint density at radius 2 is 1.83 bits per heavy atom. The van der Waals surface area contributed by atoms with Gasteiger partial charge in [-0.25, -0.2) is 0 Å². The zero-order valence-corrected chi connectivity index (χ0v) is 7.36. The van der Waals surface area contributed by atoms with Crippen LogP contribution in [0.25, 0.3) is 0 Å². The third-order valence-corrected chi connectivity index (χ3v) is 1.25. The van der Waals surface area contributed by atoms with Gasteiger partial charge in [0.15, 0.2) is 0 Å². The molecule has 0 aliphatic rings. The van der Waals surface area contributed by atoms with E-state index in [-0.39, 0.29) is 0 Å².